The Kier molecular flexibility index (Phi) is 3.25. The van der Waals surface area contributed by atoms with E-state index >= 15 is 0 Å². The lowest BCUT2D eigenvalue weighted by atomic mass is 10.0. The van der Waals surface area contributed by atoms with E-state index in [0.717, 1.165) is 0 Å². The fraction of sp³-hybridized carbons (Fsp3) is 0.333. The summed E-state index contributed by atoms with van der Waals surface area (Å²) in [5.41, 5.74) is 5.89. The summed E-state index contributed by atoms with van der Waals surface area (Å²) in [6.45, 7) is 1.65. The molecule has 0 aromatic heterocycles. The molecule has 0 saturated carbocycles. The highest BCUT2D eigenvalue weighted by Gasteiger charge is 2.13. The van der Waals surface area contributed by atoms with E-state index in [-0.39, 0.29) is 5.02 Å². The Balaban J connectivity index is 2.97. The van der Waals surface area contributed by atoms with Crippen LogP contribution in [0.15, 0.2) is 18.2 Å². The second-order valence-corrected chi connectivity index (χ2v) is 3.38. The molecule has 0 fully saturated rings. The summed E-state index contributed by atoms with van der Waals surface area (Å²) in [5, 5.41) is 9.52. The van der Waals surface area contributed by atoms with Gasteiger partial charge in [0, 0.05) is 6.04 Å². The fourth-order valence-corrected chi connectivity index (χ4v) is 1.12. The van der Waals surface area contributed by atoms with E-state index in [0.29, 0.717) is 5.56 Å². The van der Waals surface area contributed by atoms with Crippen molar-refractivity contribution in [3.63, 3.8) is 0 Å². The van der Waals surface area contributed by atoms with Crippen molar-refractivity contribution in [2.24, 2.45) is 5.73 Å². The average molecular weight is 204 g/mol. The molecule has 3 N–H and O–H groups in total. The SMILES string of the molecule is C[C@@H](N)[C@@H](O)c1ccc(Cl)c(F)c1. The van der Waals surface area contributed by atoms with Crippen LogP contribution in [0.5, 0.6) is 0 Å². The third-order valence-corrected chi connectivity index (χ3v) is 2.09. The molecule has 0 heterocycles. The Bertz CT molecular complexity index is 304. The maximum Gasteiger partial charge on any atom is 0.142 e. The molecule has 13 heavy (non-hydrogen) atoms. The molecule has 2 atom stereocenters. The van der Waals surface area contributed by atoms with Crippen LogP contribution in [0.1, 0.15) is 18.6 Å². The maximum atomic E-state index is 12.9. The zero-order valence-corrected chi connectivity index (χ0v) is 7.92. The molecule has 0 amide bonds. The number of halogens is 2. The molecular weight excluding hydrogens is 193 g/mol. The summed E-state index contributed by atoms with van der Waals surface area (Å²) in [6, 6.07) is 3.72. The number of aliphatic hydroxyl groups excluding tert-OH is 1. The molecule has 4 heteroatoms. The van der Waals surface area contributed by atoms with E-state index in [1.165, 1.54) is 12.1 Å². The summed E-state index contributed by atoms with van der Waals surface area (Å²) < 4.78 is 12.9. The quantitative estimate of drug-likeness (QED) is 0.771. The first-order valence-corrected chi connectivity index (χ1v) is 4.28. The number of hydrogen-bond acceptors (Lipinski definition) is 2. The van der Waals surface area contributed by atoms with E-state index in [4.69, 9.17) is 17.3 Å². The standard InChI is InChI=1S/C9H11ClFNO/c1-5(12)9(13)6-2-3-7(10)8(11)4-6/h2-5,9,13H,12H2,1H3/t5-,9-/m1/s1. The Hall–Kier alpha value is -0.640. The van der Waals surface area contributed by atoms with Crippen LogP contribution < -0.4 is 5.73 Å². The lowest BCUT2D eigenvalue weighted by Crippen LogP contribution is -2.24. The minimum Gasteiger partial charge on any atom is -0.387 e. The molecule has 0 radical (unpaired) electrons. The van der Waals surface area contributed by atoms with Gasteiger partial charge in [-0.25, -0.2) is 4.39 Å². The van der Waals surface area contributed by atoms with Gasteiger partial charge in [-0.15, -0.1) is 0 Å². The summed E-state index contributed by atoms with van der Waals surface area (Å²) >= 11 is 5.48. The largest absolute Gasteiger partial charge is 0.387 e. The van der Waals surface area contributed by atoms with Crippen molar-refractivity contribution >= 4 is 11.6 Å². The maximum absolute atomic E-state index is 12.9. The van der Waals surface area contributed by atoms with Crippen molar-refractivity contribution in [1.82, 2.24) is 0 Å². The first kappa shape index (κ1) is 10.4. The number of aliphatic hydroxyl groups is 1. The van der Waals surface area contributed by atoms with Crippen molar-refractivity contribution in [1.29, 1.82) is 0 Å². The predicted molar refractivity (Wildman–Crippen MR) is 50.0 cm³/mol. The second-order valence-electron chi connectivity index (χ2n) is 2.98. The molecule has 0 saturated heterocycles. The lowest BCUT2D eigenvalue weighted by Gasteiger charge is -2.14. The Labute approximate surface area is 81.1 Å². The van der Waals surface area contributed by atoms with Crippen molar-refractivity contribution in [2.75, 3.05) is 0 Å². The highest BCUT2D eigenvalue weighted by atomic mass is 35.5. The van der Waals surface area contributed by atoms with Gasteiger partial charge in [0.25, 0.3) is 0 Å². The average Bonchev–Trinajstić information content (AvgIpc) is 2.08. The van der Waals surface area contributed by atoms with E-state index in [9.17, 15) is 9.50 Å². The fourth-order valence-electron chi connectivity index (χ4n) is 1.000. The zero-order valence-electron chi connectivity index (χ0n) is 7.17. The zero-order chi connectivity index (χ0) is 10.0. The van der Waals surface area contributed by atoms with Crippen LogP contribution in [0.4, 0.5) is 4.39 Å². The number of hydrogen-bond donors (Lipinski definition) is 2. The summed E-state index contributed by atoms with van der Waals surface area (Å²) in [5.74, 6) is -0.543. The molecule has 0 bridgehead atoms. The van der Waals surface area contributed by atoms with Crippen molar-refractivity contribution in [3.8, 4) is 0 Å². The minimum atomic E-state index is -0.855. The molecule has 1 aromatic carbocycles. The molecule has 0 aliphatic carbocycles. The Morgan fingerprint density at radius 3 is 2.62 bits per heavy atom. The van der Waals surface area contributed by atoms with Crippen LogP contribution >= 0.6 is 11.6 Å². The van der Waals surface area contributed by atoms with Gasteiger partial charge < -0.3 is 10.8 Å². The molecule has 2 nitrogen and oxygen atoms in total. The molecule has 0 aliphatic rings. The van der Waals surface area contributed by atoms with Crippen LogP contribution in [0.2, 0.25) is 5.02 Å². The van der Waals surface area contributed by atoms with Crippen LogP contribution in [0.25, 0.3) is 0 Å². The van der Waals surface area contributed by atoms with Gasteiger partial charge in [0.15, 0.2) is 0 Å². The molecular formula is C9H11ClFNO. The topological polar surface area (TPSA) is 46.2 Å². The van der Waals surface area contributed by atoms with Crippen LogP contribution in [-0.2, 0) is 0 Å². The second kappa shape index (κ2) is 4.05. The first-order chi connectivity index (χ1) is 6.02. The molecule has 0 spiro atoms. The van der Waals surface area contributed by atoms with Crippen molar-refractivity contribution < 1.29 is 9.50 Å². The molecule has 0 unspecified atom stereocenters. The summed E-state index contributed by atoms with van der Waals surface area (Å²) in [4.78, 5) is 0. The number of nitrogens with two attached hydrogens (primary N) is 1. The molecule has 0 aliphatic heterocycles. The molecule has 1 aromatic rings. The van der Waals surface area contributed by atoms with Crippen LogP contribution in [0, 0.1) is 5.82 Å². The Morgan fingerprint density at radius 1 is 1.54 bits per heavy atom. The summed E-state index contributed by atoms with van der Waals surface area (Å²) in [7, 11) is 0. The van der Waals surface area contributed by atoms with E-state index in [1.807, 2.05) is 0 Å². The van der Waals surface area contributed by atoms with E-state index < -0.39 is 18.0 Å². The lowest BCUT2D eigenvalue weighted by molar-refractivity contribution is 0.153. The van der Waals surface area contributed by atoms with Crippen LogP contribution in [-0.4, -0.2) is 11.1 Å². The number of rotatable bonds is 2. The van der Waals surface area contributed by atoms with E-state index in [1.54, 1.807) is 13.0 Å². The van der Waals surface area contributed by atoms with Gasteiger partial charge in [-0.05, 0) is 24.6 Å². The highest BCUT2D eigenvalue weighted by Crippen LogP contribution is 2.21. The molecule has 72 valence electrons. The van der Waals surface area contributed by atoms with E-state index in [2.05, 4.69) is 0 Å². The predicted octanol–water partition coefficient (Wildman–Crippen LogP) is 1.86. The third kappa shape index (κ3) is 2.40. The van der Waals surface area contributed by atoms with Crippen LogP contribution in [0.3, 0.4) is 0 Å². The monoisotopic (exact) mass is 203 g/mol. The van der Waals surface area contributed by atoms with Gasteiger partial charge in [-0.2, -0.15) is 0 Å². The van der Waals surface area contributed by atoms with Gasteiger partial charge in [0.05, 0.1) is 11.1 Å². The summed E-state index contributed by atoms with van der Waals surface area (Å²) in [6.07, 6.45) is -0.855. The smallest absolute Gasteiger partial charge is 0.142 e. The van der Waals surface area contributed by atoms with Crippen molar-refractivity contribution in [3.05, 3.63) is 34.6 Å². The number of benzene rings is 1. The van der Waals surface area contributed by atoms with Gasteiger partial charge in [-0.3, -0.25) is 0 Å². The third-order valence-electron chi connectivity index (χ3n) is 1.78. The normalized spacial score (nSPS) is 15.5. The minimum absolute atomic E-state index is 0.0422. The van der Waals surface area contributed by atoms with Gasteiger partial charge in [0.2, 0.25) is 0 Å². The Morgan fingerprint density at radius 2 is 2.15 bits per heavy atom. The molecule has 1 rings (SSSR count). The van der Waals surface area contributed by atoms with Gasteiger partial charge in [0.1, 0.15) is 5.82 Å². The first-order valence-electron chi connectivity index (χ1n) is 3.91. The van der Waals surface area contributed by atoms with Crippen molar-refractivity contribution in [2.45, 2.75) is 19.1 Å². The highest BCUT2D eigenvalue weighted by molar-refractivity contribution is 6.30. The van der Waals surface area contributed by atoms with Gasteiger partial charge in [-0.1, -0.05) is 17.7 Å². The van der Waals surface area contributed by atoms with Gasteiger partial charge >= 0.3 is 0 Å².